The van der Waals surface area contributed by atoms with E-state index in [1.807, 2.05) is 0 Å². The Hall–Kier alpha value is -1.69. The summed E-state index contributed by atoms with van der Waals surface area (Å²) in [5.41, 5.74) is 0.0184. The molecule has 0 aliphatic rings. The van der Waals surface area contributed by atoms with Gasteiger partial charge in [0.25, 0.3) is 0 Å². The summed E-state index contributed by atoms with van der Waals surface area (Å²) in [7, 11) is 2.95. The summed E-state index contributed by atoms with van der Waals surface area (Å²) >= 11 is 5.69. The molecule has 7 heteroatoms. The minimum atomic E-state index is -4.93. The highest BCUT2D eigenvalue weighted by atomic mass is 35.5. The number of ketones is 1. The zero-order valence-electron chi connectivity index (χ0n) is 10.2. The number of allylic oxidation sites excluding steroid dienone is 1. The summed E-state index contributed by atoms with van der Waals surface area (Å²) in [6.07, 6.45) is -3.98. The molecule has 1 aromatic rings. The number of ether oxygens (including phenoxy) is 1. The van der Waals surface area contributed by atoms with Crippen molar-refractivity contribution < 1.29 is 22.7 Å². The predicted octanol–water partition coefficient (Wildman–Crippen LogP) is 3.46. The van der Waals surface area contributed by atoms with E-state index in [9.17, 15) is 18.0 Å². The van der Waals surface area contributed by atoms with Gasteiger partial charge in [-0.25, -0.2) is 0 Å². The Morgan fingerprint density at radius 2 is 2.00 bits per heavy atom. The Balaban J connectivity index is 3.08. The molecule has 19 heavy (non-hydrogen) atoms. The van der Waals surface area contributed by atoms with Gasteiger partial charge >= 0.3 is 6.36 Å². The Kier molecular flexibility index (Phi) is 4.83. The number of carbonyl (C=O) groups is 1. The second-order valence-electron chi connectivity index (χ2n) is 3.84. The van der Waals surface area contributed by atoms with Crippen molar-refractivity contribution in [1.29, 1.82) is 0 Å². The van der Waals surface area contributed by atoms with Crippen LogP contribution in [-0.4, -0.2) is 31.1 Å². The van der Waals surface area contributed by atoms with E-state index in [2.05, 4.69) is 4.74 Å². The van der Waals surface area contributed by atoms with Crippen molar-refractivity contribution in [2.24, 2.45) is 0 Å². The number of alkyl halides is 3. The zero-order valence-corrected chi connectivity index (χ0v) is 10.9. The maximum atomic E-state index is 12.3. The molecule has 0 heterocycles. The van der Waals surface area contributed by atoms with Crippen molar-refractivity contribution in [3.05, 3.63) is 46.8 Å². The number of Topliss-reactive ketones (excluding diaryl/α,β-unsaturated/α-hetero) is 1. The first-order chi connectivity index (χ1) is 8.69. The minimum Gasteiger partial charge on any atom is -0.400 e. The third kappa shape index (κ3) is 5.21. The fraction of sp³-hybridized carbons (Fsp3) is 0.250. The van der Waals surface area contributed by atoms with E-state index in [0.717, 1.165) is 6.20 Å². The average Bonchev–Trinajstić information content (AvgIpc) is 2.24. The molecule has 3 nitrogen and oxygen atoms in total. The number of rotatable bonds is 4. The monoisotopic (exact) mass is 293 g/mol. The SMILES string of the molecule is CN(C)/C=C(/OC(F)(F)F)C(=O)c1cccc(Cl)c1. The summed E-state index contributed by atoms with van der Waals surface area (Å²) in [5, 5.41) is 0.252. The second-order valence-corrected chi connectivity index (χ2v) is 4.28. The van der Waals surface area contributed by atoms with E-state index >= 15 is 0 Å². The Morgan fingerprint density at radius 1 is 1.37 bits per heavy atom. The summed E-state index contributed by atoms with van der Waals surface area (Å²) in [6.45, 7) is 0. The van der Waals surface area contributed by atoms with Gasteiger partial charge < -0.3 is 9.64 Å². The molecular formula is C12H11ClF3NO2. The summed E-state index contributed by atoms with van der Waals surface area (Å²) < 4.78 is 40.5. The van der Waals surface area contributed by atoms with Gasteiger partial charge in [-0.1, -0.05) is 23.7 Å². The molecule has 1 aromatic carbocycles. The van der Waals surface area contributed by atoms with Crippen molar-refractivity contribution >= 4 is 17.4 Å². The molecule has 0 aliphatic carbocycles. The van der Waals surface area contributed by atoms with Crippen molar-refractivity contribution in [3.63, 3.8) is 0 Å². The third-order valence-corrected chi connectivity index (χ3v) is 2.15. The Bertz CT molecular complexity index is 498. The number of hydrogen-bond acceptors (Lipinski definition) is 3. The predicted molar refractivity (Wildman–Crippen MR) is 64.7 cm³/mol. The number of carbonyl (C=O) groups excluding carboxylic acids is 1. The first-order valence-electron chi connectivity index (χ1n) is 5.13. The van der Waals surface area contributed by atoms with Gasteiger partial charge in [-0.05, 0) is 12.1 Å². The standard InChI is InChI=1S/C12H11ClF3NO2/c1-17(2)7-10(19-12(14,15)16)11(18)8-4-3-5-9(13)6-8/h3-7H,1-2H3/b10-7+. The Morgan fingerprint density at radius 3 is 2.47 bits per heavy atom. The number of benzene rings is 1. The molecule has 1 rings (SSSR count). The maximum Gasteiger partial charge on any atom is 0.573 e. The summed E-state index contributed by atoms with van der Waals surface area (Å²) in [4.78, 5) is 13.2. The molecule has 0 amide bonds. The molecule has 0 bridgehead atoms. The van der Waals surface area contributed by atoms with E-state index in [1.165, 1.54) is 43.3 Å². The van der Waals surface area contributed by atoms with Gasteiger partial charge in [0, 0.05) is 30.9 Å². The molecule has 0 spiro atoms. The lowest BCUT2D eigenvalue weighted by molar-refractivity contribution is -0.303. The van der Waals surface area contributed by atoms with E-state index in [4.69, 9.17) is 11.6 Å². The van der Waals surface area contributed by atoms with E-state index < -0.39 is 17.9 Å². The lowest BCUT2D eigenvalue weighted by Gasteiger charge is -2.14. The van der Waals surface area contributed by atoms with Crippen molar-refractivity contribution in [3.8, 4) is 0 Å². The molecule has 104 valence electrons. The molecule has 0 unspecified atom stereocenters. The van der Waals surface area contributed by atoms with Crippen LogP contribution in [0.3, 0.4) is 0 Å². The largest absolute Gasteiger partial charge is 0.573 e. The Labute approximate surface area is 113 Å². The molecule has 0 radical (unpaired) electrons. The van der Waals surface area contributed by atoms with Crippen LogP contribution in [0.2, 0.25) is 5.02 Å². The molecule has 0 saturated heterocycles. The lowest BCUT2D eigenvalue weighted by Crippen LogP contribution is -2.20. The quantitative estimate of drug-likeness (QED) is 0.484. The smallest absolute Gasteiger partial charge is 0.400 e. The van der Waals surface area contributed by atoms with Gasteiger partial charge in [-0.15, -0.1) is 13.2 Å². The molecule has 0 saturated carbocycles. The molecule has 0 fully saturated rings. The molecule has 0 N–H and O–H groups in total. The van der Waals surface area contributed by atoms with Crippen molar-refractivity contribution in [1.82, 2.24) is 4.90 Å². The first kappa shape index (κ1) is 15.4. The van der Waals surface area contributed by atoms with Crippen LogP contribution in [0.25, 0.3) is 0 Å². The molecule has 0 aromatic heterocycles. The topological polar surface area (TPSA) is 29.5 Å². The molecule has 0 atom stereocenters. The lowest BCUT2D eigenvalue weighted by atomic mass is 10.1. The van der Waals surface area contributed by atoms with Gasteiger partial charge in [0.15, 0.2) is 5.76 Å². The highest BCUT2D eigenvalue weighted by molar-refractivity contribution is 6.31. The van der Waals surface area contributed by atoms with Gasteiger partial charge in [0.2, 0.25) is 5.78 Å². The normalized spacial score (nSPS) is 12.2. The van der Waals surface area contributed by atoms with Crippen LogP contribution in [0.5, 0.6) is 0 Å². The number of hydrogen-bond donors (Lipinski definition) is 0. The highest BCUT2D eigenvalue weighted by Gasteiger charge is 2.34. The van der Waals surface area contributed by atoms with Gasteiger partial charge in [-0.3, -0.25) is 4.79 Å². The summed E-state index contributed by atoms with van der Waals surface area (Å²) in [5.74, 6) is -1.71. The molecular weight excluding hydrogens is 283 g/mol. The fourth-order valence-electron chi connectivity index (χ4n) is 1.26. The maximum absolute atomic E-state index is 12.3. The highest BCUT2D eigenvalue weighted by Crippen LogP contribution is 2.24. The third-order valence-electron chi connectivity index (χ3n) is 1.91. The fourth-order valence-corrected chi connectivity index (χ4v) is 1.45. The van der Waals surface area contributed by atoms with Crippen LogP contribution in [0, 0.1) is 0 Å². The minimum absolute atomic E-state index is 0.0184. The van der Waals surface area contributed by atoms with E-state index in [1.54, 1.807) is 0 Å². The number of halogens is 4. The van der Waals surface area contributed by atoms with Gasteiger partial charge in [0.1, 0.15) is 0 Å². The van der Waals surface area contributed by atoms with Crippen molar-refractivity contribution in [2.45, 2.75) is 6.36 Å². The van der Waals surface area contributed by atoms with Crippen LogP contribution >= 0.6 is 11.6 Å². The van der Waals surface area contributed by atoms with E-state index in [-0.39, 0.29) is 10.6 Å². The van der Waals surface area contributed by atoms with Gasteiger partial charge in [-0.2, -0.15) is 0 Å². The summed E-state index contributed by atoms with van der Waals surface area (Å²) in [6, 6.07) is 5.61. The number of nitrogens with zero attached hydrogens (tertiary/aromatic N) is 1. The second kappa shape index (κ2) is 5.97. The molecule has 0 aliphatic heterocycles. The van der Waals surface area contributed by atoms with Crippen molar-refractivity contribution in [2.75, 3.05) is 14.1 Å². The average molecular weight is 294 g/mol. The van der Waals surface area contributed by atoms with E-state index in [0.29, 0.717) is 0 Å². The first-order valence-corrected chi connectivity index (χ1v) is 5.51. The van der Waals surface area contributed by atoms with Gasteiger partial charge in [0.05, 0.1) is 0 Å². The van der Waals surface area contributed by atoms with Crippen LogP contribution in [-0.2, 0) is 4.74 Å². The van der Waals surface area contributed by atoms with Crippen LogP contribution in [0.1, 0.15) is 10.4 Å². The van der Waals surface area contributed by atoms with Crippen LogP contribution < -0.4 is 0 Å². The van der Waals surface area contributed by atoms with Crippen LogP contribution in [0.15, 0.2) is 36.2 Å². The zero-order chi connectivity index (χ0) is 14.6. The van der Waals surface area contributed by atoms with Crippen LogP contribution in [0.4, 0.5) is 13.2 Å².